The van der Waals surface area contributed by atoms with E-state index in [4.69, 9.17) is 22.9 Å². The van der Waals surface area contributed by atoms with Crippen LogP contribution in [-0.4, -0.2) is 0 Å². The number of fused-ring (bicyclic) bond motifs is 6. The molecule has 0 radical (unpaired) electrons. The molecule has 5 aromatic carbocycles. The van der Waals surface area contributed by atoms with Gasteiger partial charge in [-0.05, 0) is 28.3 Å². The predicted molar refractivity (Wildman–Crippen MR) is 109 cm³/mol. The van der Waals surface area contributed by atoms with E-state index in [1.807, 2.05) is 18.2 Å². The van der Waals surface area contributed by atoms with E-state index >= 15 is 0 Å². The van der Waals surface area contributed by atoms with Gasteiger partial charge in [0.05, 0.1) is 28.1 Å². The Morgan fingerprint density at radius 2 is 1.04 bits per heavy atom. The number of benzene rings is 3. The van der Waals surface area contributed by atoms with E-state index in [9.17, 15) is 9.59 Å². The number of nitrogens with two attached hydrogens (primary N) is 4. The van der Waals surface area contributed by atoms with Crippen LogP contribution in [0.3, 0.4) is 0 Å². The van der Waals surface area contributed by atoms with Crippen molar-refractivity contribution in [2.45, 2.75) is 0 Å². The van der Waals surface area contributed by atoms with Crippen molar-refractivity contribution in [3.05, 3.63) is 56.8 Å². The first-order chi connectivity index (χ1) is 12.4. The van der Waals surface area contributed by atoms with Crippen LogP contribution >= 0.6 is 0 Å². The number of nitrogen functional groups attached to an aromatic ring is 4. The standard InChI is InChI=1S/C20H14N4O2/c21-15-13-10-6-11-9(7-3-1-2-4-8(7)19(11)25)5-12(10)20(26)14(13)16(22)18(24)17(15)23/h1-6H,21-24H2. The fourth-order valence-electron chi connectivity index (χ4n) is 3.95. The minimum atomic E-state index is -0.259. The lowest BCUT2D eigenvalue weighted by molar-refractivity contribution is 1.69. The molecule has 126 valence electrons. The second-order valence-electron chi connectivity index (χ2n) is 6.55. The average molecular weight is 342 g/mol. The third-order valence-electron chi connectivity index (χ3n) is 5.26. The molecule has 0 saturated carbocycles. The zero-order chi connectivity index (χ0) is 18.3. The molecule has 0 bridgehead atoms. The fourth-order valence-corrected chi connectivity index (χ4v) is 3.95. The van der Waals surface area contributed by atoms with Gasteiger partial charge >= 0.3 is 0 Å². The van der Waals surface area contributed by atoms with Crippen molar-refractivity contribution in [2.24, 2.45) is 0 Å². The Hall–Kier alpha value is -3.80. The van der Waals surface area contributed by atoms with E-state index in [0.29, 0.717) is 26.9 Å². The number of anilines is 4. The first-order valence-corrected chi connectivity index (χ1v) is 8.04. The molecule has 0 aromatic heterocycles. The summed E-state index contributed by atoms with van der Waals surface area (Å²) in [7, 11) is 0. The molecule has 0 atom stereocenters. The van der Waals surface area contributed by atoms with Crippen LogP contribution < -0.4 is 33.8 Å². The number of rotatable bonds is 0. The van der Waals surface area contributed by atoms with Crippen LogP contribution in [-0.2, 0) is 0 Å². The molecule has 0 unspecified atom stereocenters. The zero-order valence-electron chi connectivity index (χ0n) is 13.6. The second-order valence-corrected chi connectivity index (χ2v) is 6.55. The third kappa shape index (κ3) is 1.47. The minimum Gasteiger partial charge on any atom is -0.396 e. The van der Waals surface area contributed by atoms with Crippen molar-refractivity contribution in [3.63, 3.8) is 0 Å². The maximum Gasteiger partial charge on any atom is 0.196 e. The van der Waals surface area contributed by atoms with E-state index in [-0.39, 0.29) is 39.0 Å². The largest absolute Gasteiger partial charge is 0.396 e. The van der Waals surface area contributed by atoms with Crippen LogP contribution in [0.1, 0.15) is 0 Å². The Labute approximate surface area is 146 Å². The molecule has 0 heterocycles. The number of hydrogen-bond donors (Lipinski definition) is 4. The molecule has 0 saturated heterocycles. The summed E-state index contributed by atoms with van der Waals surface area (Å²) in [5.74, 6) is 0. The van der Waals surface area contributed by atoms with Gasteiger partial charge in [-0.3, -0.25) is 9.59 Å². The summed E-state index contributed by atoms with van der Waals surface area (Å²) in [5, 5.41) is 4.46. The van der Waals surface area contributed by atoms with Gasteiger partial charge in [0.25, 0.3) is 0 Å². The fraction of sp³-hybridized carbons (Fsp3) is 0. The topological polar surface area (TPSA) is 138 Å². The maximum absolute atomic E-state index is 13.0. The van der Waals surface area contributed by atoms with Crippen molar-refractivity contribution in [3.8, 4) is 0 Å². The summed E-state index contributed by atoms with van der Waals surface area (Å²) >= 11 is 0. The lowest BCUT2D eigenvalue weighted by Crippen LogP contribution is -2.07. The highest BCUT2D eigenvalue weighted by Gasteiger charge is 2.22. The summed E-state index contributed by atoms with van der Waals surface area (Å²) in [4.78, 5) is 25.8. The third-order valence-corrected chi connectivity index (χ3v) is 5.26. The maximum atomic E-state index is 13.0. The van der Waals surface area contributed by atoms with Gasteiger partial charge in [0.1, 0.15) is 0 Å². The van der Waals surface area contributed by atoms with Gasteiger partial charge in [-0.25, -0.2) is 0 Å². The quantitative estimate of drug-likeness (QED) is 0.318. The van der Waals surface area contributed by atoms with Gasteiger partial charge in [0, 0.05) is 21.5 Å². The molecule has 0 aliphatic rings. The van der Waals surface area contributed by atoms with Crippen molar-refractivity contribution in [1.29, 1.82) is 0 Å². The Bertz CT molecular complexity index is 1510. The van der Waals surface area contributed by atoms with E-state index < -0.39 is 0 Å². The zero-order valence-corrected chi connectivity index (χ0v) is 13.6. The first-order valence-electron chi connectivity index (χ1n) is 8.04. The first kappa shape index (κ1) is 14.5. The summed E-state index contributed by atoms with van der Waals surface area (Å²) < 4.78 is 0. The lowest BCUT2D eigenvalue weighted by atomic mass is 10.0. The smallest absolute Gasteiger partial charge is 0.196 e. The lowest BCUT2D eigenvalue weighted by Gasteiger charge is -2.09. The van der Waals surface area contributed by atoms with Gasteiger partial charge < -0.3 is 22.9 Å². The van der Waals surface area contributed by atoms with Crippen molar-refractivity contribution < 1.29 is 0 Å². The second kappa shape index (κ2) is 4.43. The molecule has 0 aliphatic carbocycles. The van der Waals surface area contributed by atoms with Crippen LogP contribution in [0.15, 0.2) is 46.0 Å². The summed E-state index contributed by atoms with van der Waals surface area (Å²) in [5.41, 5.74) is 24.3. The van der Waals surface area contributed by atoms with E-state index in [0.717, 1.165) is 10.8 Å². The van der Waals surface area contributed by atoms with Gasteiger partial charge in [0.2, 0.25) is 0 Å². The van der Waals surface area contributed by atoms with Crippen LogP contribution in [0.2, 0.25) is 0 Å². The average Bonchev–Trinajstić information content (AvgIpc) is 3.10. The molecule has 8 N–H and O–H groups in total. The molecule has 0 aliphatic heterocycles. The Balaban J connectivity index is 2.15. The number of hydrogen-bond acceptors (Lipinski definition) is 6. The van der Waals surface area contributed by atoms with Crippen LogP contribution in [0, 0.1) is 0 Å². The highest BCUT2D eigenvalue weighted by atomic mass is 16.1. The Kier molecular flexibility index (Phi) is 2.48. The summed E-state index contributed by atoms with van der Waals surface area (Å²) in [6, 6.07) is 10.8. The molecule has 6 nitrogen and oxygen atoms in total. The van der Waals surface area contributed by atoms with Crippen molar-refractivity contribution in [1.82, 2.24) is 0 Å². The van der Waals surface area contributed by atoms with E-state index in [1.54, 1.807) is 18.2 Å². The van der Waals surface area contributed by atoms with Crippen molar-refractivity contribution in [2.75, 3.05) is 22.9 Å². The van der Waals surface area contributed by atoms with Crippen molar-refractivity contribution >= 4 is 65.8 Å². The summed E-state index contributed by atoms with van der Waals surface area (Å²) in [6.45, 7) is 0. The molecule has 6 heteroatoms. The van der Waals surface area contributed by atoms with Gasteiger partial charge in [-0.15, -0.1) is 0 Å². The highest BCUT2D eigenvalue weighted by Crippen LogP contribution is 2.42. The molecular formula is C20H14N4O2. The summed E-state index contributed by atoms with van der Waals surface area (Å²) in [6.07, 6.45) is 0. The van der Waals surface area contributed by atoms with Crippen LogP contribution in [0.4, 0.5) is 22.7 Å². The molecular weight excluding hydrogens is 328 g/mol. The Morgan fingerprint density at radius 3 is 1.73 bits per heavy atom. The predicted octanol–water partition coefficient (Wildman–Crippen LogP) is 2.22. The van der Waals surface area contributed by atoms with Gasteiger partial charge in [-0.1, -0.05) is 24.3 Å². The molecule has 5 rings (SSSR count). The Morgan fingerprint density at radius 1 is 0.500 bits per heavy atom. The normalized spacial score (nSPS) is 12.0. The van der Waals surface area contributed by atoms with E-state index in [1.165, 1.54) is 0 Å². The van der Waals surface area contributed by atoms with E-state index in [2.05, 4.69) is 0 Å². The van der Waals surface area contributed by atoms with Crippen LogP contribution in [0.25, 0.3) is 43.1 Å². The van der Waals surface area contributed by atoms with Gasteiger partial charge in [0.15, 0.2) is 10.9 Å². The van der Waals surface area contributed by atoms with Crippen LogP contribution in [0.5, 0.6) is 0 Å². The molecule has 5 aromatic rings. The SMILES string of the molecule is Nc1c(N)c(N)c2c(c1N)c(=O)c1cc3c(cc12)c(=O)c1ccccc13. The molecule has 0 fully saturated rings. The monoisotopic (exact) mass is 342 g/mol. The minimum absolute atomic E-state index is 0.0748. The molecule has 0 spiro atoms. The highest BCUT2D eigenvalue weighted by molar-refractivity contribution is 6.28. The molecule has 0 amide bonds. The van der Waals surface area contributed by atoms with Gasteiger partial charge in [-0.2, -0.15) is 0 Å². The molecule has 26 heavy (non-hydrogen) atoms.